The molecular formula is C11H14O2. The van der Waals surface area contributed by atoms with Gasteiger partial charge in [-0.15, -0.1) is 0 Å². The van der Waals surface area contributed by atoms with Gasteiger partial charge in [-0.25, -0.2) is 0 Å². The van der Waals surface area contributed by atoms with Gasteiger partial charge in [0, 0.05) is 0 Å². The Kier molecular flexibility index (Phi) is 2.50. The maximum atomic E-state index is 5.47. The van der Waals surface area contributed by atoms with Crippen LogP contribution in [0.15, 0.2) is 24.3 Å². The Morgan fingerprint density at radius 1 is 1.38 bits per heavy atom. The molecule has 13 heavy (non-hydrogen) atoms. The molecule has 0 amide bonds. The predicted octanol–water partition coefficient (Wildman–Crippen LogP) is 2.55. The number of epoxide rings is 1. The molecular weight excluding hydrogens is 164 g/mol. The second kappa shape index (κ2) is 3.79. The van der Waals surface area contributed by atoms with Crippen LogP contribution in [0.3, 0.4) is 0 Å². The molecule has 0 aromatic heterocycles. The van der Waals surface area contributed by atoms with Crippen molar-refractivity contribution in [2.24, 2.45) is 0 Å². The molecule has 0 N–H and O–H groups in total. The first-order chi connectivity index (χ1) is 6.40. The minimum absolute atomic E-state index is 0.347. The molecule has 1 saturated heterocycles. The number of hydrogen-bond donors (Lipinski definition) is 0. The Morgan fingerprint density at radius 2 is 2.08 bits per heavy atom. The van der Waals surface area contributed by atoms with Crippen LogP contribution in [-0.4, -0.2) is 13.2 Å². The fourth-order valence-corrected chi connectivity index (χ4v) is 1.24. The summed E-state index contributed by atoms with van der Waals surface area (Å²) in [5, 5.41) is 0. The molecule has 0 radical (unpaired) electrons. The zero-order valence-electron chi connectivity index (χ0n) is 7.82. The minimum atomic E-state index is 0.347. The first-order valence-corrected chi connectivity index (χ1v) is 4.74. The van der Waals surface area contributed by atoms with Gasteiger partial charge in [0.15, 0.2) is 0 Å². The van der Waals surface area contributed by atoms with Gasteiger partial charge in [-0.3, -0.25) is 0 Å². The fraction of sp³-hybridized carbons (Fsp3) is 0.455. The van der Waals surface area contributed by atoms with E-state index in [1.807, 2.05) is 12.1 Å². The van der Waals surface area contributed by atoms with E-state index < -0.39 is 0 Å². The van der Waals surface area contributed by atoms with Crippen molar-refractivity contribution >= 4 is 0 Å². The summed E-state index contributed by atoms with van der Waals surface area (Å²) in [7, 11) is 0. The van der Waals surface area contributed by atoms with Crippen molar-refractivity contribution in [1.82, 2.24) is 0 Å². The molecule has 1 aromatic rings. The van der Waals surface area contributed by atoms with E-state index in [9.17, 15) is 0 Å². The summed E-state index contributed by atoms with van der Waals surface area (Å²) in [6.07, 6.45) is 1.40. The number of benzene rings is 1. The summed E-state index contributed by atoms with van der Waals surface area (Å²) in [4.78, 5) is 0. The van der Waals surface area contributed by atoms with E-state index >= 15 is 0 Å². The van der Waals surface area contributed by atoms with Gasteiger partial charge in [0.2, 0.25) is 0 Å². The highest BCUT2D eigenvalue weighted by molar-refractivity contribution is 5.29. The Hall–Kier alpha value is -1.02. The Bertz CT molecular complexity index is 262. The van der Waals surface area contributed by atoms with Gasteiger partial charge in [-0.05, 0) is 24.1 Å². The number of hydrogen-bond acceptors (Lipinski definition) is 2. The van der Waals surface area contributed by atoms with Crippen LogP contribution < -0.4 is 4.74 Å². The van der Waals surface area contributed by atoms with Gasteiger partial charge in [-0.2, -0.15) is 0 Å². The van der Waals surface area contributed by atoms with E-state index in [-0.39, 0.29) is 0 Å². The SMILES string of the molecule is CCCOc1ccc([C@@H]2CO2)cc1. The number of rotatable bonds is 4. The second-order valence-corrected chi connectivity index (χ2v) is 3.24. The minimum Gasteiger partial charge on any atom is -0.494 e. The van der Waals surface area contributed by atoms with Crippen molar-refractivity contribution in [2.45, 2.75) is 19.4 Å². The van der Waals surface area contributed by atoms with Crippen LogP contribution in [0, 0.1) is 0 Å². The molecule has 1 aliphatic heterocycles. The van der Waals surface area contributed by atoms with Crippen molar-refractivity contribution in [3.8, 4) is 5.75 Å². The molecule has 2 nitrogen and oxygen atoms in total. The molecule has 1 atom stereocenters. The largest absolute Gasteiger partial charge is 0.494 e. The van der Waals surface area contributed by atoms with Crippen LogP contribution in [-0.2, 0) is 4.74 Å². The molecule has 0 spiro atoms. The topological polar surface area (TPSA) is 21.8 Å². The zero-order chi connectivity index (χ0) is 9.10. The van der Waals surface area contributed by atoms with Crippen molar-refractivity contribution in [3.05, 3.63) is 29.8 Å². The molecule has 2 heteroatoms. The van der Waals surface area contributed by atoms with E-state index in [0.29, 0.717) is 6.10 Å². The summed E-state index contributed by atoms with van der Waals surface area (Å²) in [6, 6.07) is 8.16. The first kappa shape index (κ1) is 8.57. The highest BCUT2D eigenvalue weighted by atomic mass is 16.6. The average molecular weight is 178 g/mol. The molecule has 0 aliphatic carbocycles. The van der Waals surface area contributed by atoms with Crippen molar-refractivity contribution in [1.29, 1.82) is 0 Å². The third kappa shape index (κ3) is 2.22. The van der Waals surface area contributed by atoms with Gasteiger partial charge in [-0.1, -0.05) is 19.1 Å². The van der Waals surface area contributed by atoms with Crippen LogP contribution in [0.2, 0.25) is 0 Å². The lowest BCUT2D eigenvalue weighted by atomic mass is 10.2. The van der Waals surface area contributed by atoms with Crippen molar-refractivity contribution in [2.75, 3.05) is 13.2 Å². The average Bonchev–Trinajstić information content (AvgIpc) is 2.99. The van der Waals surface area contributed by atoms with Crippen molar-refractivity contribution in [3.63, 3.8) is 0 Å². The van der Waals surface area contributed by atoms with Gasteiger partial charge in [0.25, 0.3) is 0 Å². The van der Waals surface area contributed by atoms with Gasteiger partial charge >= 0.3 is 0 Å². The summed E-state index contributed by atoms with van der Waals surface area (Å²) in [5.74, 6) is 0.950. The predicted molar refractivity (Wildman–Crippen MR) is 50.9 cm³/mol. The van der Waals surface area contributed by atoms with Crippen LogP contribution in [0.5, 0.6) is 5.75 Å². The van der Waals surface area contributed by atoms with Crippen LogP contribution >= 0.6 is 0 Å². The lowest BCUT2D eigenvalue weighted by Crippen LogP contribution is -1.94. The first-order valence-electron chi connectivity index (χ1n) is 4.74. The lowest BCUT2D eigenvalue weighted by Gasteiger charge is -2.04. The van der Waals surface area contributed by atoms with E-state index in [1.54, 1.807) is 0 Å². The third-order valence-corrected chi connectivity index (χ3v) is 2.06. The smallest absolute Gasteiger partial charge is 0.119 e. The van der Waals surface area contributed by atoms with E-state index in [4.69, 9.17) is 9.47 Å². The molecule has 1 aliphatic rings. The van der Waals surface area contributed by atoms with Crippen LogP contribution in [0.25, 0.3) is 0 Å². The lowest BCUT2D eigenvalue weighted by molar-refractivity contribution is 0.317. The van der Waals surface area contributed by atoms with Gasteiger partial charge in [0.05, 0.1) is 13.2 Å². The standard InChI is InChI=1S/C11H14O2/c1-2-7-12-10-5-3-9(4-6-10)11-8-13-11/h3-6,11H,2,7-8H2,1H3/t11-/m0/s1. The molecule has 1 aromatic carbocycles. The Labute approximate surface area is 78.5 Å². The highest BCUT2D eigenvalue weighted by Crippen LogP contribution is 2.30. The van der Waals surface area contributed by atoms with Gasteiger partial charge in [0.1, 0.15) is 11.9 Å². The summed E-state index contributed by atoms with van der Waals surface area (Å²) in [6.45, 7) is 3.76. The molecule has 1 fully saturated rings. The van der Waals surface area contributed by atoms with E-state index in [2.05, 4.69) is 19.1 Å². The summed E-state index contributed by atoms with van der Waals surface area (Å²) < 4.78 is 10.6. The van der Waals surface area contributed by atoms with Gasteiger partial charge < -0.3 is 9.47 Å². The summed E-state index contributed by atoms with van der Waals surface area (Å²) in [5.41, 5.74) is 1.25. The second-order valence-electron chi connectivity index (χ2n) is 3.24. The molecule has 0 unspecified atom stereocenters. The molecule has 70 valence electrons. The zero-order valence-corrected chi connectivity index (χ0v) is 7.82. The van der Waals surface area contributed by atoms with E-state index in [1.165, 1.54) is 5.56 Å². The molecule has 2 rings (SSSR count). The Morgan fingerprint density at radius 3 is 2.62 bits per heavy atom. The van der Waals surface area contributed by atoms with Crippen molar-refractivity contribution < 1.29 is 9.47 Å². The monoisotopic (exact) mass is 178 g/mol. The van der Waals surface area contributed by atoms with Crippen LogP contribution in [0.4, 0.5) is 0 Å². The maximum absolute atomic E-state index is 5.47. The normalized spacial score (nSPS) is 19.9. The number of ether oxygens (including phenoxy) is 2. The molecule has 0 saturated carbocycles. The highest BCUT2D eigenvalue weighted by Gasteiger charge is 2.24. The maximum Gasteiger partial charge on any atom is 0.119 e. The molecule has 1 heterocycles. The summed E-state index contributed by atoms with van der Waals surface area (Å²) >= 11 is 0. The quantitative estimate of drug-likeness (QED) is 0.661. The fourth-order valence-electron chi connectivity index (χ4n) is 1.24. The molecule has 0 bridgehead atoms. The van der Waals surface area contributed by atoms with E-state index in [0.717, 1.165) is 25.4 Å². The van der Waals surface area contributed by atoms with Crippen LogP contribution in [0.1, 0.15) is 25.0 Å². The Balaban J connectivity index is 1.96. The third-order valence-electron chi connectivity index (χ3n) is 2.06.